The molecule has 5 nitrogen and oxygen atoms in total. The third kappa shape index (κ3) is 6.42. The average molecular weight is 250 g/mol. The van der Waals surface area contributed by atoms with E-state index in [1.165, 1.54) is 6.26 Å². The number of rotatable bonds is 6. The predicted molar refractivity (Wildman–Crippen MR) is 64.5 cm³/mol. The Morgan fingerprint density at radius 1 is 1.25 bits per heavy atom. The summed E-state index contributed by atoms with van der Waals surface area (Å²) in [6, 6.07) is 0. The molecule has 1 heterocycles. The van der Waals surface area contributed by atoms with Crippen molar-refractivity contribution in [3.8, 4) is 0 Å². The number of hydrogen-bond donors (Lipinski definition) is 0. The van der Waals surface area contributed by atoms with Crippen LogP contribution in [-0.2, 0) is 14.6 Å². The number of nitrogens with zero attached hydrogens (tertiary/aromatic N) is 2. The van der Waals surface area contributed by atoms with E-state index in [-0.39, 0.29) is 5.75 Å². The van der Waals surface area contributed by atoms with Crippen LogP contribution in [-0.4, -0.2) is 83.2 Å². The van der Waals surface area contributed by atoms with E-state index in [1.807, 2.05) is 7.05 Å². The molecule has 1 saturated heterocycles. The van der Waals surface area contributed by atoms with Gasteiger partial charge in [0.1, 0.15) is 9.84 Å². The first-order valence-corrected chi connectivity index (χ1v) is 7.70. The lowest BCUT2D eigenvalue weighted by Gasteiger charge is -2.28. The number of ether oxygens (including phenoxy) is 1. The molecule has 6 heteroatoms. The van der Waals surface area contributed by atoms with Crippen LogP contribution in [0.2, 0.25) is 0 Å². The minimum absolute atomic E-state index is 0.243. The van der Waals surface area contributed by atoms with Crippen LogP contribution < -0.4 is 0 Å². The van der Waals surface area contributed by atoms with Crippen molar-refractivity contribution in [1.82, 2.24) is 9.80 Å². The zero-order valence-corrected chi connectivity index (χ0v) is 11.0. The Morgan fingerprint density at radius 3 is 2.44 bits per heavy atom. The van der Waals surface area contributed by atoms with Crippen molar-refractivity contribution in [2.24, 2.45) is 0 Å². The number of hydrogen-bond acceptors (Lipinski definition) is 5. The summed E-state index contributed by atoms with van der Waals surface area (Å²) < 4.78 is 27.2. The van der Waals surface area contributed by atoms with Gasteiger partial charge in [-0.2, -0.15) is 0 Å². The van der Waals surface area contributed by atoms with Crippen molar-refractivity contribution in [2.45, 2.75) is 0 Å². The molecular formula is C10H22N2O3S. The summed E-state index contributed by atoms with van der Waals surface area (Å²) >= 11 is 0. The molecule has 1 rings (SSSR count). The molecule has 0 radical (unpaired) electrons. The van der Waals surface area contributed by atoms with Gasteiger partial charge >= 0.3 is 0 Å². The third-order valence-electron chi connectivity index (χ3n) is 2.75. The lowest BCUT2D eigenvalue weighted by molar-refractivity contribution is 0.0347. The third-order valence-corrected chi connectivity index (χ3v) is 3.67. The summed E-state index contributed by atoms with van der Waals surface area (Å²) in [4.78, 5) is 4.41. The highest BCUT2D eigenvalue weighted by Crippen LogP contribution is 1.97. The molecule has 0 aromatic carbocycles. The molecule has 0 bridgehead atoms. The van der Waals surface area contributed by atoms with Crippen molar-refractivity contribution in [1.29, 1.82) is 0 Å². The fourth-order valence-corrected chi connectivity index (χ4v) is 2.21. The fourth-order valence-electron chi connectivity index (χ4n) is 1.57. The summed E-state index contributed by atoms with van der Waals surface area (Å²) in [6.45, 7) is 6.11. The molecule has 0 N–H and O–H groups in total. The van der Waals surface area contributed by atoms with Crippen molar-refractivity contribution in [3.05, 3.63) is 0 Å². The Labute approximate surface area is 98.3 Å². The molecule has 0 amide bonds. The zero-order valence-electron chi connectivity index (χ0n) is 10.2. The van der Waals surface area contributed by atoms with Crippen LogP contribution in [0.5, 0.6) is 0 Å². The first-order chi connectivity index (χ1) is 7.47. The van der Waals surface area contributed by atoms with Gasteiger partial charge in [-0.15, -0.1) is 0 Å². The van der Waals surface area contributed by atoms with Crippen molar-refractivity contribution in [2.75, 3.05) is 65.0 Å². The predicted octanol–water partition coefficient (Wildman–Crippen LogP) is -0.705. The van der Waals surface area contributed by atoms with Gasteiger partial charge in [-0.25, -0.2) is 8.42 Å². The van der Waals surface area contributed by atoms with Crippen LogP contribution in [0.3, 0.4) is 0 Å². The van der Waals surface area contributed by atoms with E-state index in [0.29, 0.717) is 6.54 Å². The van der Waals surface area contributed by atoms with E-state index in [9.17, 15) is 8.42 Å². The van der Waals surface area contributed by atoms with Crippen molar-refractivity contribution >= 4 is 9.84 Å². The Hall–Kier alpha value is -0.170. The van der Waals surface area contributed by atoms with E-state index < -0.39 is 9.84 Å². The summed E-state index contributed by atoms with van der Waals surface area (Å²) in [5, 5.41) is 0. The molecule has 0 aromatic heterocycles. The topological polar surface area (TPSA) is 49.9 Å². The Balaban J connectivity index is 2.11. The fraction of sp³-hybridized carbons (Fsp3) is 1.00. The number of sulfone groups is 1. The van der Waals surface area contributed by atoms with Gasteiger partial charge in [-0.3, -0.25) is 4.90 Å². The Kier molecular flexibility index (Phi) is 5.68. The molecule has 0 atom stereocenters. The quantitative estimate of drug-likeness (QED) is 0.623. The second kappa shape index (κ2) is 6.54. The summed E-state index contributed by atoms with van der Waals surface area (Å²) in [6.07, 6.45) is 1.28. The van der Waals surface area contributed by atoms with Crippen molar-refractivity contribution in [3.63, 3.8) is 0 Å². The standard InChI is InChI=1S/C10H22N2O3S/c1-11(7-10-16(2,13)14)3-4-12-5-8-15-9-6-12/h3-10H2,1-2H3. The Bertz CT molecular complexity index is 286. The molecule has 0 unspecified atom stereocenters. The largest absolute Gasteiger partial charge is 0.379 e. The maximum atomic E-state index is 11.0. The molecule has 0 saturated carbocycles. The van der Waals surface area contributed by atoms with Crippen molar-refractivity contribution < 1.29 is 13.2 Å². The van der Waals surface area contributed by atoms with Gasteiger partial charge in [0.05, 0.1) is 19.0 Å². The molecular weight excluding hydrogens is 228 g/mol. The number of likely N-dealkylation sites (N-methyl/N-ethyl adjacent to an activating group) is 1. The first kappa shape index (κ1) is 13.9. The SMILES string of the molecule is CN(CCN1CCOCC1)CCS(C)(=O)=O. The monoisotopic (exact) mass is 250 g/mol. The lowest BCUT2D eigenvalue weighted by Crippen LogP contribution is -2.41. The molecule has 1 aliphatic rings. The Morgan fingerprint density at radius 2 is 1.88 bits per heavy atom. The molecule has 1 fully saturated rings. The van der Waals surface area contributed by atoms with Crippen LogP contribution in [0.1, 0.15) is 0 Å². The minimum Gasteiger partial charge on any atom is -0.379 e. The zero-order chi connectivity index (χ0) is 12.0. The molecule has 96 valence electrons. The summed E-state index contributed by atoms with van der Waals surface area (Å²) in [5.41, 5.74) is 0. The highest BCUT2D eigenvalue weighted by Gasteiger charge is 2.11. The first-order valence-electron chi connectivity index (χ1n) is 5.64. The van der Waals surface area contributed by atoms with Gasteiger partial charge in [-0.1, -0.05) is 0 Å². The van der Waals surface area contributed by atoms with Gasteiger partial charge in [0.2, 0.25) is 0 Å². The van der Waals surface area contributed by atoms with Crippen LogP contribution in [0.4, 0.5) is 0 Å². The maximum Gasteiger partial charge on any atom is 0.148 e. The van der Waals surface area contributed by atoms with Gasteiger partial charge < -0.3 is 9.64 Å². The molecule has 0 aromatic rings. The van der Waals surface area contributed by atoms with Crippen LogP contribution >= 0.6 is 0 Å². The van der Waals surface area contributed by atoms with E-state index >= 15 is 0 Å². The summed E-state index contributed by atoms with van der Waals surface area (Å²) in [5.74, 6) is 0.243. The molecule has 1 aliphatic heterocycles. The van der Waals surface area contributed by atoms with E-state index in [1.54, 1.807) is 0 Å². The average Bonchev–Trinajstić information content (AvgIpc) is 2.24. The van der Waals surface area contributed by atoms with Crippen LogP contribution in [0.25, 0.3) is 0 Å². The van der Waals surface area contributed by atoms with Gasteiger partial charge in [0.15, 0.2) is 0 Å². The normalized spacial score (nSPS) is 19.2. The van der Waals surface area contributed by atoms with Gasteiger partial charge in [0.25, 0.3) is 0 Å². The highest BCUT2D eigenvalue weighted by atomic mass is 32.2. The highest BCUT2D eigenvalue weighted by molar-refractivity contribution is 7.90. The minimum atomic E-state index is -2.84. The molecule has 0 spiro atoms. The second-order valence-corrected chi connectivity index (χ2v) is 6.65. The lowest BCUT2D eigenvalue weighted by atomic mass is 10.4. The van der Waals surface area contributed by atoms with E-state index in [2.05, 4.69) is 9.80 Å². The molecule has 0 aliphatic carbocycles. The summed E-state index contributed by atoms with van der Waals surface area (Å²) in [7, 11) is -0.874. The number of morpholine rings is 1. The smallest absolute Gasteiger partial charge is 0.148 e. The molecule has 16 heavy (non-hydrogen) atoms. The van der Waals surface area contributed by atoms with Crippen LogP contribution in [0.15, 0.2) is 0 Å². The van der Waals surface area contributed by atoms with Crippen LogP contribution in [0, 0.1) is 0 Å². The second-order valence-electron chi connectivity index (χ2n) is 4.39. The van der Waals surface area contributed by atoms with E-state index in [0.717, 1.165) is 39.4 Å². The van der Waals surface area contributed by atoms with Gasteiger partial charge in [0, 0.05) is 39.0 Å². The maximum absolute atomic E-state index is 11.0. The van der Waals surface area contributed by atoms with Gasteiger partial charge in [-0.05, 0) is 7.05 Å². The van der Waals surface area contributed by atoms with E-state index in [4.69, 9.17) is 4.74 Å².